The summed E-state index contributed by atoms with van der Waals surface area (Å²) >= 11 is 3.97. The number of hydrogen-bond acceptors (Lipinski definition) is 6. The van der Waals surface area contributed by atoms with Gasteiger partial charge in [-0.25, -0.2) is 4.98 Å². The Labute approximate surface area is 197 Å². The molecule has 2 aromatic rings. The number of nitrogens with zero attached hydrogens (tertiary/aromatic N) is 2. The topological polar surface area (TPSA) is 71.5 Å². The lowest BCUT2D eigenvalue weighted by Gasteiger charge is -2.32. The molecule has 2 amide bonds. The van der Waals surface area contributed by atoms with Crippen molar-refractivity contribution in [2.45, 2.75) is 30.8 Å². The molecule has 0 saturated carbocycles. The van der Waals surface area contributed by atoms with E-state index in [2.05, 4.69) is 22.4 Å². The maximum absolute atomic E-state index is 12.7. The van der Waals surface area contributed by atoms with Crippen LogP contribution in [0.25, 0.3) is 0 Å². The van der Waals surface area contributed by atoms with Crippen LogP contribution >= 0.6 is 23.5 Å². The summed E-state index contributed by atoms with van der Waals surface area (Å²) in [6, 6.07) is 11.8. The minimum atomic E-state index is -0.236. The van der Waals surface area contributed by atoms with Crippen LogP contribution in [0.4, 0.5) is 5.82 Å². The highest BCUT2D eigenvalue weighted by Gasteiger charge is 2.29. The molecule has 1 atom stereocenters. The molecule has 2 fully saturated rings. The Hall–Kier alpha value is -2.19. The van der Waals surface area contributed by atoms with E-state index in [1.807, 2.05) is 48.6 Å². The van der Waals surface area contributed by atoms with Gasteiger partial charge in [-0.2, -0.15) is 0 Å². The van der Waals surface area contributed by atoms with Gasteiger partial charge in [-0.15, -0.1) is 23.5 Å². The minimum absolute atomic E-state index is 0.0138. The summed E-state index contributed by atoms with van der Waals surface area (Å²) < 4.78 is 6.24. The maximum Gasteiger partial charge on any atom is 0.260 e. The van der Waals surface area contributed by atoms with Crippen molar-refractivity contribution in [2.75, 3.05) is 36.5 Å². The predicted octanol–water partition coefficient (Wildman–Crippen LogP) is 4.51. The van der Waals surface area contributed by atoms with Gasteiger partial charge in [-0.1, -0.05) is 18.2 Å². The third kappa shape index (κ3) is 6.19. The first-order chi connectivity index (χ1) is 15.6. The molecule has 4 rings (SSSR count). The molecule has 0 radical (unpaired) electrons. The fourth-order valence-electron chi connectivity index (χ4n) is 3.83. The number of anilines is 1. The van der Waals surface area contributed by atoms with Gasteiger partial charge in [0.15, 0.2) is 6.61 Å². The zero-order valence-electron chi connectivity index (χ0n) is 18.3. The average Bonchev–Trinajstić information content (AvgIpc) is 2.85. The van der Waals surface area contributed by atoms with Crippen molar-refractivity contribution >= 4 is 41.2 Å². The van der Waals surface area contributed by atoms with Gasteiger partial charge in [-0.3, -0.25) is 9.59 Å². The summed E-state index contributed by atoms with van der Waals surface area (Å²) in [5, 5.41) is 2.87. The number of nitrogens with one attached hydrogen (secondary N) is 1. The first-order valence-electron chi connectivity index (χ1n) is 11.1. The summed E-state index contributed by atoms with van der Waals surface area (Å²) in [6.45, 7) is 3.01. The molecule has 0 aliphatic carbocycles. The number of aromatic nitrogens is 1. The number of likely N-dealkylation sites (tertiary alicyclic amines) is 1. The molecule has 6 nitrogen and oxygen atoms in total. The largest absolute Gasteiger partial charge is 0.484 e. The SMILES string of the molecule is Cc1ccc(NC(=O)C2CCCN(C(=O)COc3ccc(C4SCCCS4)cc3)C2)nc1. The smallest absolute Gasteiger partial charge is 0.260 e. The van der Waals surface area contributed by atoms with Crippen molar-refractivity contribution in [3.05, 3.63) is 53.7 Å². The number of piperidine rings is 1. The molecule has 32 heavy (non-hydrogen) atoms. The quantitative estimate of drug-likeness (QED) is 0.668. The Kier molecular flexibility index (Phi) is 7.97. The Morgan fingerprint density at radius 1 is 1.12 bits per heavy atom. The molecule has 2 aliphatic heterocycles. The van der Waals surface area contributed by atoms with E-state index in [4.69, 9.17) is 4.74 Å². The molecule has 0 bridgehead atoms. The molecule has 1 aromatic carbocycles. The van der Waals surface area contributed by atoms with E-state index in [1.54, 1.807) is 17.2 Å². The minimum Gasteiger partial charge on any atom is -0.484 e. The Morgan fingerprint density at radius 2 is 1.91 bits per heavy atom. The molecule has 3 heterocycles. The highest BCUT2D eigenvalue weighted by molar-refractivity contribution is 8.16. The van der Waals surface area contributed by atoms with E-state index in [0.29, 0.717) is 29.2 Å². The first kappa shape index (κ1) is 23.0. The molecule has 2 saturated heterocycles. The number of rotatable bonds is 6. The van der Waals surface area contributed by atoms with E-state index < -0.39 is 0 Å². The molecule has 1 aromatic heterocycles. The van der Waals surface area contributed by atoms with Crippen LogP contribution in [0.15, 0.2) is 42.6 Å². The van der Waals surface area contributed by atoms with Gasteiger partial charge >= 0.3 is 0 Å². The van der Waals surface area contributed by atoms with E-state index in [1.165, 1.54) is 23.5 Å². The molecule has 170 valence electrons. The maximum atomic E-state index is 12.7. The van der Waals surface area contributed by atoms with Crippen molar-refractivity contribution in [3.8, 4) is 5.75 Å². The number of hydrogen-bond donors (Lipinski definition) is 1. The van der Waals surface area contributed by atoms with E-state index in [0.717, 1.165) is 18.4 Å². The molecule has 0 spiro atoms. The average molecular weight is 472 g/mol. The van der Waals surface area contributed by atoms with E-state index in [9.17, 15) is 9.59 Å². The standard InChI is InChI=1S/C24H29N3O3S2/c1-17-5-10-21(25-14-17)26-23(29)19-4-2-11-27(15-19)22(28)16-30-20-8-6-18(7-9-20)24-31-12-3-13-32-24/h5-10,14,19,24H,2-4,11-13,15-16H2,1H3,(H,25,26,29). The van der Waals surface area contributed by atoms with Crippen molar-refractivity contribution < 1.29 is 14.3 Å². The van der Waals surface area contributed by atoms with Gasteiger partial charge in [0.05, 0.1) is 10.5 Å². The fraction of sp³-hybridized carbons (Fsp3) is 0.458. The predicted molar refractivity (Wildman–Crippen MR) is 131 cm³/mol. The van der Waals surface area contributed by atoms with Crippen LogP contribution in [0.3, 0.4) is 0 Å². The van der Waals surface area contributed by atoms with Crippen molar-refractivity contribution in [1.82, 2.24) is 9.88 Å². The molecule has 1 unspecified atom stereocenters. The highest BCUT2D eigenvalue weighted by Crippen LogP contribution is 2.43. The number of carbonyl (C=O) groups is 2. The van der Waals surface area contributed by atoms with Gasteiger partial charge in [0, 0.05) is 19.3 Å². The second-order valence-electron chi connectivity index (χ2n) is 8.17. The number of carbonyl (C=O) groups excluding carboxylic acids is 2. The Balaban J connectivity index is 1.25. The van der Waals surface area contributed by atoms with Crippen LogP contribution in [0, 0.1) is 12.8 Å². The number of thioether (sulfide) groups is 2. The molecular weight excluding hydrogens is 442 g/mol. The van der Waals surface area contributed by atoms with Gasteiger partial charge < -0.3 is 15.0 Å². The second-order valence-corrected chi connectivity index (χ2v) is 10.9. The van der Waals surface area contributed by atoms with Crippen LogP contribution in [0.2, 0.25) is 0 Å². The third-order valence-electron chi connectivity index (χ3n) is 5.65. The second kappa shape index (κ2) is 11.1. The first-order valence-corrected chi connectivity index (χ1v) is 13.2. The van der Waals surface area contributed by atoms with Gasteiger partial charge in [0.1, 0.15) is 11.6 Å². The van der Waals surface area contributed by atoms with Gasteiger partial charge in [0.2, 0.25) is 5.91 Å². The van der Waals surface area contributed by atoms with Gasteiger partial charge in [0.25, 0.3) is 5.91 Å². The van der Waals surface area contributed by atoms with E-state index >= 15 is 0 Å². The molecule has 2 aliphatic rings. The summed E-state index contributed by atoms with van der Waals surface area (Å²) in [5.41, 5.74) is 2.34. The molecule has 8 heteroatoms. The third-order valence-corrected chi connectivity index (χ3v) is 8.66. The lowest BCUT2D eigenvalue weighted by Crippen LogP contribution is -2.45. The lowest BCUT2D eigenvalue weighted by atomic mass is 9.97. The van der Waals surface area contributed by atoms with Crippen LogP contribution in [0.5, 0.6) is 5.75 Å². The Morgan fingerprint density at radius 3 is 2.62 bits per heavy atom. The van der Waals surface area contributed by atoms with Crippen molar-refractivity contribution in [2.24, 2.45) is 5.92 Å². The number of ether oxygens (including phenoxy) is 1. The summed E-state index contributed by atoms with van der Waals surface area (Å²) in [4.78, 5) is 31.3. The lowest BCUT2D eigenvalue weighted by molar-refractivity contribution is -0.136. The number of amides is 2. The Bertz CT molecular complexity index is 915. The van der Waals surface area contributed by atoms with Crippen LogP contribution in [-0.4, -0.2) is 52.9 Å². The molecule has 1 N–H and O–H groups in total. The monoisotopic (exact) mass is 471 g/mol. The van der Waals surface area contributed by atoms with Crippen LogP contribution in [0.1, 0.15) is 35.0 Å². The van der Waals surface area contributed by atoms with Crippen molar-refractivity contribution in [3.63, 3.8) is 0 Å². The molecular formula is C24H29N3O3S2. The number of benzene rings is 1. The highest BCUT2D eigenvalue weighted by atomic mass is 32.2. The van der Waals surface area contributed by atoms with Gasteiger partial charge in [-0.05, 0) is 67.0 Å². The fourth-order valence-corrected chi connectivity index (χ4v) is 6.72. The zero-order chi connectivity index (χ0) is 22.3. The zero-order valence-corrected chi connectivity index (χ0v) is 19.9. The van der Waals surface area contributed by atoms with Crippen LogP contribution < -0.4 is 10.1 Å². The summed E-state index contributed by atoms with van der Waals surface area (Å²) in [7, 11) is 0. The van der Waals surface area contributed by atoms with Crippen LogP contribution in [-0.2, 0) is 9.59 Å². The normalized spacial score (nSPS) is 19.4. The summed E-state index contributed by atoms with van der Waals surface area (Å²) in [5.74, 6) is 3.25. The summed E-state index contributed by atoms with van der Waals surface area (Å²) in [6.07, 6.45) is 4.57. The van der Waals surface area contributed by atoms with E-state index in [-0.39, 0.29) is 24.3 Å². The van der Waals surface area contributed by atoms with Crippen molar-refractivity contribution in [1.29, 1.82) is 0 Å². The number of pyridine rings is 1. The number of aryl methyl sites for hydroxylation is 1.